The molecule has 3 aromatic rings. The molecule has 9 nitrogen and oxygen atoms in total. The standard InChI is InChI=1S/C24H28FN3O6S2/c1-33-19-8-14(5-6-18(19)25)9-26-23(30)21-27-22(29)20-17(12-35-24(20)28-21)11-34-10-15-3-4-16(7-15)13-36(2,31)32/h5-6,8,12,15-16H,3-4,7,9-11,13H2,1-2H3,(H,26,30)(H,27,28,29). The summed E-state index contributed by atoms with van der Waals surface area (Å²) in [5, 5.41) is 4.84. The van der Waals surface area contributed by atoms with Crippen molar-refractivity contribution in [3.8, 4) is 5.75 Å². The fourth-order valence-corrected chi connectivity index (χ4v) is 6.63. The van der Waals surface area contributed by atoms with Crippen molar-refractivity contribution in [1.29, 1.82) is 0 Å². The first-order chi connectivity index (χ1) is 17.1. The molecule has 0 spiro atoms. The second-order valence-corrected chi connectivity index (χ2v) is 12.2. The number of rotatable bonds is 10. The fraction of sp³-hybridized carbons (Fsp3) is 0.458. The summed E-state index contributed by atoms with van der Waals surface area (Å²) in [5.41, 5.74) is 0.896. The topological polar surface area (TPSA) is 127 Å². The number of ether oxygens (including phenoxy) is 2. The second-order valence-electron chi connectivity index (χ2n) is 9.16. The molecule has 2 N–H and O–H groups in total. The average Bonchev–Trinajstić information content (AvgIpc) is 3.44. The van der Waals surface area contributed by atoms with Gasteiger partial charge in [0.2, 0.25) is 5.82 Å². The van der Waals surface area contributed by atoms with Crippen LogP contribution in [0.1, 0.15) is 41.0 Å². The maximum Gasteiger partial charge on any atom is 0.287 e. The van der Waals surface area contributed by atoms with Gasteiger partial charge in [-0.25, -0.2) is 17.8 Å². The number of nitrogens with one attached hydrogen (secondary N) is 2. The largest absolute Gasteiger partial charge is 0.494 e. The molecule has 1 amide bonds. The number of aromatic nitrogens is 2. The van der Waals surface area contributed by atoms with Crippen LogP contribution in [0, 0.1) is 17.7 Å². The molecule has 2 atom stereocenters. The highest BCUT2D eigenvalue weighted by Gasteiger charge is 2.27. The number of hydrogen-bond acceptors (Lipinski definition) is 8. The molecule has 2 unspecified atom stereocenters. The van der Waals surface area contributed by atoms with Gasteiger partial charge in [-0.2, -0.15) is 0 Å². The third-order valence-electron chi connectivity index (χ3n) is 6.20. The highest BCUT2D eigenvalue weighted by molar-refractivity contribution is 7.90. The summed E-state index contributed by atoms with van der Waals surface area (Å²) in [4.78, 5) is 32.6. The summed E-state index contributed by atoms with van der Waals surface area (Å²) in [7, 11) is -1.62. The zero-order chi connectivity index (χ0) is 25.9. The number of methoxy groups -OCH3 is 1. The van der Waals surface area contributed by atoms with Crippen molar-refractivity contribution < 1.29 is 27.1 Å². The Balaban J connectivity index is 1.35. The van der Waals surface area contributed by atoms with Crippen molar-refractivity contribution >= 4 is 37.3 Å². The number of halogens is 1. The fourth-order valence-electron chi connectivity index (χ4n) is 4.55. The third kappa shape index (κ3) is 6.48. The van der Waals surface area contributed by atoms with Gasteiger partial charge in [0.1, 0.15) is 14.7 Å². The van der Waals surface area contributed by atoms with Crippen molar-refractivity contribution in [2.24, 2.45) is 11.8 Å². The molecular formula is C24H28FN3O6S2. The molecule has 1 saturated carbocycles. The van der Waals surface area contributed by atoms with Crippen molar-refractivity contribution in [1.82, 2.24) is 15.3 Å². The number of thiophene rings is 1. The van der Waals surface area contributed by atoms with Crippen molar-refractivity contribution in [3.05, 3.63) is 56.7 Å². The van der Waals surface area contributed by atoms with Crippen LogP contribution in [-0.2, 0) is 27.7 Å². The van der Waals surface area contributed by atoms with Crippen LogP contribution in [0.5, 0.6) is 5.75 Å². The van der Waals surface area contributed by atoms with E-state index in [0.29, 0.717) is 33.9 Å². The molecular weight excluding hydrogens is 509 g/mol. The van der Waals surface area contributed by atoms with E-state index in [9.17, 15) is 22.4 Å². The lowest BCUT2D eigenvalue weighted by Gasteiger charge is -2.11. The van der Waals surface area contributed by atoms with Crippen molar-refractivity contribution in [2.75, 3.05) is 25.7 Å². The Morgan fingerprint density at radius 3 is 2.83 bits per heavy atom. The average molecular weight is 538 g/mol. The molecule has 1 aliphatic rings. The van der Waals surface area contributed by atoms with Gasteiger partial charge in [-0.3, -0.25) is 9.59 Å². The maximum atomic E-state index is 13.6. The van der Waals surface area contributed by atoms with Gasteiger partial charge in [-0.1, -0.05) is 6.07 Å². The molecule has 1 fully saturated rings. The van der Waals surface area contributed by atoms with Crippen LogP contribution in [-0.4, -0.2) is 50.0 Å². The Hall–Kier alpha value is -2.83. The third-order valence-corrected chi connectivity index (χ3v) is 8.20. The Kier molecular flexibility index (Phi) is 8.06. The number of carbonyl (C=O) groups excluding carboxylic acids is 1. The van der Waals surface area contributed by atoms with E-state index in [1.54, 1.807) is 5.38 Å². The van der Waals surface area contributed by atoms with Crippen LogP contribution in [0.3, 0.4) is 0 Å². The molecule has 1 aliphatic carbocycles. The predicted molar refractivity (Wildman–Crippen MR) is 135 cm³/mol. The van der Waals surface area contributed by atoms with Gasteiger partial charge in [-0.05, 0) is 54.2 Å². The summed E-state index contributed by atoms with van der Waals surface area (Å²) < 4.78 is 47.4. The Bertz CT molecular complexity index is 1420. The van der Waals surface area contributed by atoms with Crippen LogP contribution in [0.4, 0.5) is 4.39 Å². The lowest BCUT2D eigenvalue weighted by Crippen LogP contribution is -2.27. The first kappa shape index (κ1) is 26.2. The quantitative estimate of drug-likeness (QED) is 0.407. The number of hydrogen-bond donors (Lipinski definition) is 2. The van der Waals surface area contributed by atoms with E-state index >= 15 is 0 Å². The van der Waals surface area contributed by atoms with Crippen LogP contribution in [0.15, 0.2) is 28.4 Å². The molecule has 12 heteroatoms. The summed E-state index contributed by atoms with van der Waals surface area (Å²) in [6.07, 6.45) is 3.90. The van der Waals surface area contributed by atoms with Crippen LogP contribution >= 0.6 is 11.3 Å². The number of H-pyrrole nitrogens is 1. The normalized spacial score (nSPS) is 18.0. The smallest absolute Gasteiger partial charge is 0.287 e. The molecule has 0 radical (unpaired) electrons. The van der Waals surface area contributed by atoms with Crippen LogP contribution < -0.4 is 15.6 Å². The Morgan fingerprint density at radius 2 is 2.08 bits per heavy atom. The monoisotopic (exact) mass is 537 g/mol. The van der Waals surface area contributed by atoms with E-state index in [1.807, 2.05) is 0 Å². The van der Waals surface area contributed by atoms with E-state index in [4.69, 9.17) is 9.47 Å². The summed E-state index contributed by atoms with van der Waals surface area (Å²) in [6, 6.07) is 4.26. The molecule has 36 heavy (non-hydrogen) atoms. The molecule has 1 aromatic carbocycles. The SMILES string of the molecule is COc1cc(CNC(=O)c2nc3scc(COCC4CCC(CS(C)(=O)=O)C4)c3c(=O)[nH]2)ccc1F. The molecule has 194 valence electrons. The lowest BCUT2D eigenvalue weighted by atomic mass is 10.1. The number of fused-ring (bicyclic) bond motifs is 1. The first-order valence-electron chi connectivity index (χ1n) is 11.5. The van der Waals surface area contributed by atoms with Crippen molar-refractivity contribution in [2.45, 2.75) is 32.4 Å². The van der Waals surface area contributed by atoms with E-state index < -0.39 is 27.1 Å². The van der Waals surface area contributed by atoms with E-state index in [2.05, 4.69) is 15.3 Å². The van der Waals surface area contributed by atoms with Gasteiger partial charge < -0.3 is 19.8 Å². The number of carbonyl (C=O) groups is 1. The van der Waals surface area contributed by atoms with Gasteiger partial charge >= 0.3 is 0 Å². The predicted octanol–water partition coefficient (Wildman–Crippen LogP) is 3.04. The molecule has 0 bridgehead atoms. The van der Waals surface area contributed by atoms with Gasteiger partial charge in [0.05, 0.1) is 24.9 Å². The molecule has 0 aliphatic heterocycles. The van der Waals surface area contributed by atoms with E-state index in [-0.39, 0.29) is 36.4 Å². The molecule has 0 saturated heterocycles. The molecule has 4 rings (SSSR count). The minimum atomic E-state index is -2.98. The lowest BCUT2D eigenvalue weighted by molar-refractivity contribution is 0.0887. The van der Waals surface area contributed by atoms with Crippen LogP contribution in [0.2, 0.25) is 0 Å². The summed E-state index contributed by atoms with van der Waals surface area (Å²) in [6.45, 7) is 0.834. The zero-order valence-corrected chi connectivity index (χ0v) is 21.6. The summed E-state index contributed by atoms with van der Waals surface area (Å²) in [5.74, 6) is -0.405. The second kappa shape index (κ2) is 11.1. The van der Waals surface area contributed by atoms with E-state index in [1.165, 1.54) is 42.9 Å². The zero-order valence-electron chi connectivity index (χ0n) is 20.0. The Morgan fingerprint density at radius 1 is 1.31 bits per heavy atom. The van der Waals surface area contributed by atoms with Gasteiger partial charge in [0.25, 0.3) is 11.5 Å². The Labute approximate surface area is 212 Å². The minimum Gasteiger partial charge on any atom is -0.494 e. The molecule has 2 aromatic heterocycles. The number of sulfone groups is 1. The first-order valence-corrected chi connectivity index (χ1v) is 14.4. The highest BCUT2D eigenvalue weighted by atomic mass is 32.2. The van der Waals surface area contributed by atoms with E-state index in [0.717, 1.165) is 19.3 Å². The number of benzene rings is 1. The number of aromatic amines is 1. The van der Waals surface area contributed by atoms with Gasteiger partial charge in [-0.15, -0.1) is 11.3 Å². The number of amides is 1. The van der Waals surface area contributed by atoms with Gasteiger partial charge in [0.15, 0.2) is 11.6 Å². The highest BCUT2D eigenvalue weighted by Crippen LogP contribution is 2.32. The molecule has 2 heterocycles. The van der Waals surface area contributed by atoms with Gasteiger partial charge in [0, 0.05) is 25.0 Å². The van der Waals surface area contributed by atoms with Crippen LogP contribution in [0.25, 0.3) is 10.2 Å². The maximum absolute atomic E-state index is 13.6. The van der Waals surface area contributed by atoms with Crippen molar-refractivity contribution in [3.63, 3.8) is 0 Å². The number of nitrogens with zero attached hydrogens (tertiary/aromatic N) is 1. The summed E-state index contributed by atoms with van der Waals surface area (Å²) >= 11 is 1.25. The minimum absolute atomic E-state index is 0.0738.